The van der Waals surface area contributed by atoms with Crippen molar-refractivity contribution in [3.8, 4) is 5.75 Å². The van der Waals surface area contributed by atoms with Gasteiger partial charge in [0.15, 0.2) is 0 Å². The number of nitrogens with zero attached hydrogens (tertiary/aromatic N) is 1. The Hall–Kier alpha value is -2.49. The van der Waals surface area contributed by atoms with Crippen LogP contribution in [0.25, 0.3) is 0 Å². The van der Waals surface area contributed by atoms with Crippen LogP contribution in [0.3, 0.4) is 0 Å². The second kappa shape index (κ2) is 8.47. The lowest BCUT2D eigenvalue weighted by molar-refractivity contribution is 0.0503. The molecule has 1 N–H and O–H groups in total. The van der Waals surface area contributed by atoms with Crippen molar-refractivity contribution in [3.05, 3.63) is 59.7 Å². The van der Waals surface area contributed by atoms with E-state index in [0.29, 0.717) is 6.54 Å². The van der Waals surface area contributed by atoms with Gasteiger partial charge in [0, 0.05) is 12.2 Å². The highest BCUT2D eigenvalue weighted by molar-refractivity contribution is 6.02. The Morgan fingerprint density at radius 2 is 1.74 bits per heavy atom. The van der Waals surface area contributed by atoms with Gasteiger partial charge in [-0.05, 0) is 49.6 Å². The maximum Gasteiger partial charge on any atom is 0.258 e. The second-order valence-corrected chi connectivity index (χ2v) is 7.01. The van der Waals surface area contributed by atoms with Gasteiger partial charge in [0.25, 0.3) is 5.91 Å². The molecule has 1 amide bonds. The first-order valence-electron chi connectivity index (χ1n) is 10.1. The van der Waals surface area contributed by atoms with Crippen LogP contribution in [0, 0.1) is 0 Å². The van der Waals surface area contributed by atoms with Gasteiger partial charge in [0.05, 0.1) is 12.2 Å². The van der Waals surface area contributed by atoms with E-state index in [2.05, 4.69) is 31.3 Å². The summed E-state index contributed by atoms with van der Waals surface area (Å²) in [6, 6.07) is 15.9. The van der Waals surface area contributed by atoms with Crippen molar-refractivity contribution < 1.29 is 9.53 Å². The summed E-state index contributed by atoms with van der Waals surface area (Å²) in [5.41, 5.74) is 2.17. The molecule has 0 saturated heterocycles. The minimum atomic E-state index is -0.541. The van der Waals surface area contributed by atoms with E-state index >= 15 is 0 Å². The fourth-order valence-electron chi connectivity index (χ4n) is 3.88. The van der Waals surface area contributed by atoms with Gasteiger partial charge in [-0.25, -0.2) is 0 Å². The molecule has 3 rings (SSSR count). The molecular weight excluding hydrogens is 336 g/mol. The lowest BCUT2D eigenvalue weighted by atomic mass is 9.89. The van der Waals surface area contributed by atoms with E-state index in [1.54, 1.807) is 0 Å². The minimum Gasteiger partial charge on any atom is -0.494 e. The van der Waals surface area contributed by atoms with Gasteiger partial charge in [-0.15, -0.1) is 0 Å². The molecule has 0 aromatic heterocycles. The number of fused-ring (bicyclic) bond motifs is 1. The number of anilines is 1. The largest absolute Gasteiger partial charge is 0.494 e. The molecule has 0 saturated carbocycles. The number of carbonyl (C=O) groups is 1. The lowest BCUT2D eigenvalue weighted by Crippen LogP contribution is -2.57. The summed E-state index contributed by atoms with van der Waals surface area (Å²) in [7, 11) is 0. The molecule has 0 fully saturated rings. The first-order chi connectivity index (χ1) is 13.2. The molecule has 0 spiro atoms. The molecule has 0 radical (unpaired) electrons. The summed E-state index contributed by atoms with van der Waals surface area (Å²) in [6.07, 6.45) is 4.23. The van der Waals surface area contributed by atoms with E-state index < -0.39 is 5.66 Å². The van der Waals surface area contributed by atoms with Crippen LogP contribution in [-0.4, -0.2) is 24.0 Å². The molecule has 1 atom stereocenters. The van der Waals surface area contributed by atoms with Crippen LogP contribution in [-0.2, 0) is 5.66 Å². The SMILES string of the molecule is CCCCCOc1ccc(C2(CC)Nc3ccccc3C(=O)N2CC)cc1. The number of ether oxygens (including phenoxy) is 1. The fourth-order valence-corrected chi connectivity index (χ4v) is 3.88. The summed E-state index contributed by atoms with van der Waals surface area (Å²) in [4.78, 5) is 15.1. The van der Waals surface area contributed by atoms with E-state index in [9.17, 15) is 4.79 Å². The number of nitrogens with one attached hydrogen (secondary N) is 1. The Kier molecular flexibility index (Phi) is 6.04. The zero-order valence-electron chi connectivity index (χ0n) is 16.6. The smallest absolute Gasteiger partial charge is 0.258 e. The van der Waals surface area contributed by atoms with Gasteiger partial charge in [-0.3, -0.25) is 4.79 Å². The zero-order valence-corrected chi connectivity index (χ0v) is 16.6. The molecule has 4 heteroatoms. The molecule has 144 valence electrons. The van der Waals surface area contributed by atoms with Crippen molar-refractivity contribution in [2.24, 2.45) is 0 Å². The molecule has 27 heavy (non-hydrogen) atoms. The molecular formula is C23H30N2O2. The number of amides is 1. The van der Waals surface area contributed by atoms with Crippen LogP contribution < -0.4 is 10.1 Å². The van der Waals surface area contributed by atoms with Crippen LogP contribution in [0.15, 0.2) is 48.5 Å². The molecule has 0 bridgehead atoms. The van der Waals surface area contributed by atoms with Crippen molar-refractivity contribution in [3.63, 3.8) is 0 Å². The fraction of sp³-hybridized carbons (Fsp3) is 0.435. The number of hydrogen-bond acceptors (Lipinski definition) is 3. The lowest BCUT2D eigenvalue weighted by Gasteiger charge is -2.48. The first kappa shape index (κ1) is 19.3. The van der Waals surface area contributed by atoms with Crippen LogP contribution in [0.2, 0.25) is 0 Å². The van der Waals surface area contributed by atoms with Crippen molar-refractivity contribution in [1.82, 2.24) is 4.90 Å². The number of rotatable bonds is 8. The van der Waals surface area contributed by atoms with E-state index in [0.717, 1.165) is 42.0 Å². The highest BCUT2D eigenvalue weighted by Gasteiger charge is 2.43. The third-order valence-electron chi connectivity index (χ3n) is 5.38. The van der Waals surface area contributed by atoms with Crippen LogP contribution in [0.1, 0.15) is 62.4 Å². The first-order valence-corrected chi connectivity index (χ1v) is 10.1. The standard InChI is InChI=1S/C23H30N2O2/c1-4-7-10-17-27-19-15-13-18(14-16-19)23(5-2)24-21-12-9-8-11-20(21)22(26)25(23)6-3/h8-9,11-16,24H,4-7,10,17H2,1-3H3. The van der Waals surface area contributed by atoms with Gasteiger partial charge in [0.2, 0.25) is 0 Å². The van der Waals surface area contributed by atoms with Crippen molar-refractivity contribution in [2.75, 3.05) is 18.5 Å². The van der Waals surface area contributed by atoms with Gasteiger partial charge in [-0.1, -0.05) is 51.0 Å². The van der Waals surface area contributed by atoms with Gasteiger partial charge < -0.3 is 15.0 Å². The summed E-state index contributed by atoms with van der Waals surface area (Å²) in [5, 5.41) is 3.65. The third kappa shape index (κ3) is 3.66. The number of para-hydroxylation sites is 1. The molecule has 1 aliphatic rings. The molecule has 2 aromatic carbocycles. The molecule has 1 unspecified atom stereocenters. The summed E-state index contributed by atoms with van der Waals surface area (Å²) >= 11 is 0. The quantitative estimate of drug-likeness (QED) is 0.636. The topological polar surface area (TPSA) is 41.6 Å². The van der Waals surface area contributed by atoms with Crippen LogP contribution in [0.5, 0.6) is 5.75 Å². The molecule has 1 heterocycles. The third-order valence-corrected chi connectivity index (χ3v) is 5.38. The van der Waals surface area contributed by atoms with Crippen LogP contribution >= 0.6 is 0 Å². The number of unbranched alkanes of at least 4 members (excludes halogenated alkanes) is 2. The zero-order chi connectivity index (χ0) is 19.3. The average Bonchev–Trinajstić information content (AvgIpc) is 2.71. The number of benzene rings is 2. The van der Waals surface area contributed by atoms with Crippen molar-refractivity contribution in [2.45, 2.75) is 52.1 Å². The maximum absolute atomic E-state index is 13.1. The predicted molar refractivity (Wildman–Crippen MR) is 110 cm³/mol. The maximum atomic E-state index is 13.1. The van der Waals surface area contributed by atoms with Crippen LogP contribution in [0.4, 0.5) is 5.69 Å². The van der Waals surface area contributed by atoms with Crippen molar-refractivity contribution in [1.29, 1.82) is 0 Å². The monoisotopic (exact) mass is 366 g/mol. The van der Waals surface area contributed by atoms with Gasteiger partial charge >= 0.3 is 0 Å². The highest BCUT2D eigenvalue weighted by atomic mass is 16.5. The normalized spacial score (nSPS) is 18.8. The second-order valence-electron chi connectivity index (χ2n) is 7.01. The number of carbonyl (C=O) groups excluding carboxylic acids is 1. The van der Waals surface area contributed by atoms with Crippen molar-refractivity contribution >= 4 is 11.6 Å². The molecule has 4 nitrogen and oxygen atoms in total. The van der Waals surface area contributed by atoms with Gasteiger partial charge in [0.1, 0.15) is 11.4 Å². The van der Waals surface area contributed by atoms with E-state index in [1.165, 1.54) is 12.8 Å². The van der Waals surface area contributed by atoms with Gasteiger partial charge in [-0.2, -0.15) is 0 Å². The molecule has 2 aromatic rings. The van der Waals surface area contributed by atoms with E-state index in [-0.39, 0.29) is 5.91 Å². The number of hydrogen-bond donors (Lipinski definition) is 1. The Labute approximate surface area is 162 Å². The van der Waals surface area contributed by atoms with E-state index in [4.69, 9.17) is 4.74 Å². The average molecular weight is 367 g/mol. The van der Waals surface area contributed by atoms with E-state index in [1.807, 2.05) is 48.2 Å². The Bertz CT molecular complexity index is 772. The molecule has 1 aliphatic heterocycles. The summed E-state index contributed by atoms with van der Waals surface area (Å²) in [6.45, 7) is 7.73. The Morgan fingerprint density at radius 1 is 1.00 bits per heavy atom. The summed E-state index contributed by atoms with van der Waals surface area (Å²) in [5.74, 6) is 0.959. The summed E-state index contributed by atoms with van der Waals surface area (Å²) < 4.78 is 5.85. The highest BCUT2D eigenvalue weighted by Crippen LogP contribution is 2.40. The molecule has 0 aliphatic carbocycles. The Morgan fingerprint density at radius 3 is 2.41 bits per heavy atom. The Balaban J connectivity index is 1.89. The minimum absolute atomic E-state index is 0.0774. The predicted octanol–water partition coefficient (Wildman–Crippen LogP) is 5.41.